The van der Waals surface area contributed by atoms with Crippen molar-refractivity contribution in [3.8, 4) is 0 Å². The average Bonchev–Trinajstić information content (AvgIpc) is 2.69. The largest absolute Gasteiger partial charge is 0.379 e. The number of hydrogen-bond donors (Lipinski definition) is 1. The fourth-order valence-corrected chi connectivity index (χ4v) is 3.30. The second-order valence-electron chi connectivity index (χ2n) is 6.57. The van der Waals surface area contributed by atoms with Gasteiger partial charge in [0.05, 0.1) is 6.10 Å². The van der Waals surface area contributed by atoms with Crippen molar-refractivity contribution in [3.05, 3.63) is 0 Å². The molecule has 2 heteroatoms. The van der Waals surface area contributed by atoms with Crippen molar-refractivity contribution < 1.29 is 4.74 Å². The Morgan fingerprint density at radius 1 is 1.24 bits per heavy atom. The van der Waals surface area contributed by atoms with Gasteiger partial charge in [-0.05, 0) is 24.3 Å². The van der Waals surface area contributed by atoms with Gasteiger partial charge in [-0.25, -0.2) is 0 Å². The Morgan fingerprint density at radius 2 is 1.82 bits per heavy atom. The molecule has 1 aliphatic rings. The number of rotatable bonds is 6. The monoisotopic (exact) mass is 241 g/mol. The lowest BCUT2D eigenvalue weighted by molar-refractivity contribution is -0.0163. The second kappa shape index (κ2) is 6.75. The molecule has 2 atom stereocenters. The summed E-state index contributed by atoms with van der Waals surface area (Å²) in [7, 11) is 1.86. The first-order valence-electron chi connectivity index (χ1n) is 7.25. The van der Waals surface area contributed by atoms with Crippen molar-refractivity contribution in [2.45, 2.75) is 71.9 Å². The Morgan fingerprint density at radius 3 is 2.24 bits per heavy atom. The van der Waals surface area contributed by atoms with Crippen LogP contribution in [0.3, 0.4) is 0 Å². The van der Waals surface area contributed by atoms with Crippen molar-refractivity contribution in [2.24, 2.45) is 11.3 Å². The topological polar surface area (TPSA) is 21.3 Å². The SMILES string of the molecule is CCNC(CC1CCCC1)C(OC)C(C)(C)C. The summed E-state index contributed by atoms with van der Waals surface area (Å²) in [5.74, 6) is 0.916. The molecule has 17 heavy (non-hydrogen) atoms. The predicted molar refractivity (Wildman–Crippen MR) is 74.3 cm³/mol. The van der Waals surface area contributed by atoms with Crippen molar-refractivity contribution in [3.63, 3.8) is 0 Å². The van der Waals surface area contributed by atoms with Crippen LogP contribution in [0.1, 0.15) is 59.8 Å². The molecule has 102 valence electrons. The van der Waals surface area contributed by atoms with Gasteiger partial charge >= 0.3 is 0 Å². The highest BCUT2D eigenvalue weighted by atomic mass is 16.5. The summed E-state index contributed by atoms with van der Waals surface area (Å²) in [6.45, 7) is 10.1. The summed E-state index contributed by atoms with van der Waals surface area (Å²) in [5.41, 5.74) is 0.209. The van der Waals surface area contributed by atoms with E-state index in [9.17, 15) is 0 Å². The summed E-state index contributed by atoms with van der Waals surface area (Å²) in [4.78, 5) is 0. The van der Waals surface area contributed by atoms with Gasteiger partial charge in [0.1, 0.15) is 0 Å². The zero-order valence-corrected chi connectivity index (χ0v) is 12.4. The minimum Gasteiger partial charge on any atom is -0.379 e. The lowest BCUT2D eigenvalue weighted by atomic mass is 9.81. The molecule has 0 bridgehead atoms. The molecular weight excluding hydrogens is 210 g/mol. The number of hydrogen-bond acceptors (Lipinski definition) is 2. The van der Waals surface area contributed by atoms with Crippen LogP contribution in [0.4, 0.5) is 0 Å². The summed E-state index contributed by atoms with van der Waals surface area (Å²) in [6.07, 6.45) is 7.28. The summed E-state index contributed by atoms with van der Waals surface area (Å²) in [5, 5.41) is 3.64. The highest BCUT2D eigenvalue weighted by molar-refractivity contribution is 4.88. The zero-order valence-electron chi connectivity index (χ0n) is 12.4. The van der Waals surface area contributed by atoms with Crippen LogP contribution in [0.15, 0.2) is 0 Å². The summed E-state index contributed by atoms with van der Waals surface area (Å²) in [6, 6.07) is 0.508. The quantitative estimate of drug-likeness (QED) is 0.767. The van der Waals surface area contributed by atoms with Crippen molar-refractivity contribution in [1.82, 2.24) is 5.32 Å². The number of nitrogens with one attached hydrogen (secondary N) is 1. The average molecular weight is 241 g/mol. The Balaban J connectivity index is 2.61. The highest BCUT2D eigenvalue weighted by Gasteiger charge is 2.33. The lowest BCUT2D eigenvalue weighted by Crippen LogP contribution is -2.48. The maximum atomic E-state index is 5.78. The van der Waals surface area contributed by atoms with Crippen LogP contribution in [-0.2, 0) is 4.74 Å². The van der Waals surface area contributed by atoms with E-state index in [2.05, 4.69) is 33.0 Å². The molecule has 1 rings (SSSR count). The fraction of sp³-hybridized carbons (Fsp3) is 1.00. The van der Waals surface area contributed by atoms with Gasteiger partial charge in [-0.1, -0.05) is 53.4 Å². The lowest BCUT2D eigenvalue weighted by Gasteiger charge is -2.37. The van der Waals surface area contributed by atoms with E-state index >= 15 is 0 Å². The Labute approximate surface area is 108 Å². The van der Waals surface area contributed by atoms with Gasteiger partial charge < -0.3 is 10.1 Å². The van der Waals surface area contributed by atoms with Crippen LogP contribution in [0, 0.1) is 11.3 Å². The molecule has 2 unspecified atom stereocenters. The van der Waals surface area contributed by atoms with E-state index in [0.717, 1.165) is 12.5 Å². The van der Waals surface area contributed by atoms with Gasteiger partial charge in [0.15, 0.2) is 0 Å². The van der Waals surface area contributed by atoms with Gasteiger partial charge in [0.2, 0.25) is 0 Å². The molecule has 0 aromatic rings. The minimum absolute atomic E-state index is 0.209. The molecule has 0 radical (unpaired) electrons. The molecule has 1 fully saturated rings. The van der Waals surface area contributed by atoms with E-state index < -0.39 is 0 Å². The number of likely N-dealkylation sites (N-methyl/N-ethyl adjacent to an activating group) is 1. The molecular formula is C15H31NO. The van der Waals surface area contributed by atoms with Gasteiger partial charge in [0, 0.05) is 13.2 Å². The van der Waals surface area contributed by atoms with Gasteiger partial charge in [-0.15, -0.1) is 0 Å². The third kappa shape index (κ3) is 4.59. The first-order valence-corrected chi connectivity index (χ1v) is 7.25. The molecule has 1 aliphatic carbocycles. The Hall–Kier alpha value is -0.0800. The molecule has 1 saturated carbocycles. The normalized spacial score (nSPS) is 21.7. The first kappa shape index (κ1) is 15.0. The molecule has 0 spiro atoms. The minimum atomic E-state index is 0.209. The first-order chi connectivity index (χ1) is 7.99. The van der Waals surface area contributed by atoms with Crippen LogP contribution >= 0.6 is 0 Å². The number of ether oxygens (including phenoxy) is 1. The van der Waals surface area contributed by atoms with E-state index in [1.165, 1.54) is 32.1 Å². The van der Waals surface area contributed by atoms with E-state index in [1.54, 1.807) is 0 Å². The van der Waals surface area contributed by atoms with E-state index in [0.29, 0.717) is 12.1 Å². The maximum absolute atomic E-state index is 5.78. The summed E-state index contributed by atoms with van der Waals surface area (Å²) < 4.78 is 5.78. The molecule has 0 aromatic heterocycles. The maximum Gasteiger partial charge on any atom is 0.0772 e. The second-order valence-corrected chi connectivity index (χ2v) is 6.57. The van der Waals surface area contributed by atoms with E-state index in [4.69, 9.17) is 4.74 Å². The molecule has 0 heterocycles. The van der Waals surface area contributed by atoms with Crippen LogP contribution in [0.2, 0.25) is 0 Å². The highest BCUT2D eigenvalue weighted by Crippen LogP contribution is 2.33. The Kier molecular flexibility index (Phi) is 5.94. The zero-order chi connectivity index (χ0) is 12.9. The van der Waals surface area contributed by atoms with Gasteiger partial charge in [-0.3, -0.25) is 0 Å². The molecule has 2 nitrogen and oxygen atoms in total. The van der Waals surface area contributed by atoms with E-state index in [-0.39, 0.29) is 5.41 Å². The predicted octanol–water partition coefficient (Wildman–Crippen LogP) is 3.61. The molecule has 0 amide bonds. The summed E-state index contributed by atoms with van der Waals surface area (Å²) >= 11 is 0. The van der Waals surface area contributed by atoms with Crippen molar-refractivity contribution in [2.75, 3.05) is 13.7 Å². The third-order valence-electron chi connectivity index (χ3n) is 4.00. The molecule has 0 aliphatic heterocycles. The van der Waals surface area contributed by atoms with E-state index in [1.807, 2.05) is 7.11 Å². The Bertz CT molecular complexity index is 203. The van der Waals surface area contributed by atoms with Crippen LogP contribution in [0.5, 0.6) is 0 Å². The van der Waals surface area contributed by atoms with Gasteiger partial charge in [-0.2, -0.15) is 0 Å². The number of methoxy groups -OCH3 is 1. The van der Waals surface area contributed by atoms with Crippen LogP contribution in [0.25, 0.3) is 0 Å². The third-order valence-corrected chi connectivity index (χ3v) is 4.00. The van der Waals surface area contributed by atoms with Crippen LogP contribution in [-0.4, -0.2) is 25.8 Å². The molecule has 1 N–H and O–H groups in total. The van der Waals surface area contributed by atoms with Crippen molar-refractivity contribution in [1.29, 1.82) is 0 Å². The van der Waals surface area contributed by atoms with Crippen LogP contribution < -0.4 is 5.32 Å². The smallest absolute Gasteiger partial charge is 0.0772 e. The molecule has 0 saturated heterocycles. The van der Waals surface area contributed by atoms with Crippen molar-refractivity contribution >= 4 is 0 Å². The fourth-order valence-electron chi connectivity index (χ4n) is 3.30. The van der Waals surface area contributed by atoms with Gasteiger partial charge in [0.25, 0.3) is 0 Å². The molecule has 0 aromatic carbocycles. The standard InChI is InChI=1S/C15H31NO/c1-6-16-13(11-12-9-7-8-10-12)14(17-5)15(2,3)4/h12-14,16H,6-11H2,1-5H3.